The first kappa shape index (κ1) is 22.1. The van der Waals surface area contributed by atoms with Crippen LogP contribution < -0.4 is 4.90 Å². The van der Waals surface area contributed by atoms with Gasteiger partial charge in [0.25, 0.3) is 0 Å². The fourth-order valence-electron chi connectivity index (χ4n) is 7.10. The Bertz CT molecular complexity index is 3240. The molecule has 0 aliphatic rings. The van der Waals surface area contributed by atoms with Crippen molar-refractivity contribution in [3.63, 3.8) is 0 Å². The van der Waals surface area contributed by atoms with Crippen LogP contribution in [0, 0.1) is 0 Å². The lowest BCUT2D eigenvalue weighted by atomic mass is 9.93. The molecule has 1 heterocycles. The highest BCUT2D eigenvalue weighted by atomic mass is 16.3. The summed E-state index contributed by atoms with van der Waals surface area (Å²) < 4.78 is 67.5. The molecule has 0 aliphatic carbocycles. The SMILES string of the molecule is [2H]c1cc([2H])c(N(c2ccc(-c3ccc4c([2H])c([2H])c5oc6cccc([2H])c6c5c4c3[2H])cc2)c2ccc(-c3cc4ccccc4c4ccccc34)cc2)c([2H])c1. The van der Waals surface area contributed by atoms with Crippen LogP contribution in [0.5, 0.6) is 0 Å². The van der Waals surface area contributed by atoms with Crippen LogP contribution in [0.2, 0.25) is 0 Å². The van der Waals surface area contributed by atoms with Crippen LogP contribution in [0.25, 0.3) is 76.5 Å². The van der Waals surface area contributed by atoms with E-state index in [1.807, 2.05) is 47.4 Å². The maximum Gasteiger partial charge on any atom is 0.136 e. The first-order chi connectivity index (χ1) is 27.7. The smallest absolute Gasteiger partial charge is 0.136 e. The second kappa shape index (κ2) is 11.5. The molecule has 50 heavy (non-hydrogen) atoms. The summed E-state index contributed by atoms with van der Waals surface area (Å²) in [6.07, 6.45) is 0. The normalized spacial score (nSPS) is 13.6. The summed E-state index contributed by atoms with van der Waals surface area (Å²) in [5.41, 5.74) is 5.84. The molecule has 0 atom stereocenters. The average Bonchev–Trinajstić information content (AvgIpc) is 3.62. The lowest BCUT2D eigenvalue weighted by Gasteiger charge is -2.26. The lowest BCUT2D eigenvalue weighted by Crippen LogP contribution is -2.09. The summed E-state index contributed by atoms with van der Waals surface area (Å²) in [7, 11) is 0. The highest BCUT2D eigenvalue weighted by Gasteiger charge is 2.15. The van der Waals surface area contributed by atoms with Crippen molar-refractivity contribution in [3.8, 4) is 22.3 Å². The Morgan fingerprint density at radius 2 is 1.10 bits per heavy atom. The molecule has 0 spiro atoms. The van der Waals surface area contributed by atoms with Crippen molar-refractivity contribution in [2.75, 3.05) is 4.90 Å². The molecule has 0 fully saturated rings. The summed E-state index contributed by atoms with van der Waals surface area (Å²) in [5, 5.41) is 6.58. The number of nitrogens with zero attached hydrogens (tertiary/aromatic N) is 1. The van der Waals surface area contributed by atoms with Crippen LogP contribution in [0.3, 0.4) is 0 Å². The van der Waals surface area contributed by atoms with Gasteiger partial charge in [-0.15, -0.1) is 0 Å². The molecule has 0 amide bonds. The van der Waals surface area contributed by atoms with E-state index in [1.54, 1.807) is 30.3 Å². The van der Waals surface area contributed by atoms with Gasteiger partial charge in [-0.3, -0.25) is 0 Å². The summed E-state index contributed by atoms with van der Waals surface area (Å²) in [6.45, 7) is 0. The first-order valence-corrected chi connectivity index (χ1v) is 16.5. The van der Waals surface area contributed by atoms with Crippen LogP contribution in [0.1, 0.15) is 9.60 Å². The molecule has 0 saturated carbocycles. The van der Waals surface area contributed by atoms with Gasteiger partial charge in [0.15, 0.2) is 0 Å². The van der Waals surface area contributed by atoms with Gasteiger partial charge in [-0.1, -0.05) is 127 Å². The molecule has 0 aliphatic heterocycles. The van der Waals surface area contributed by atoms with E-state index < -0.39 is 0 Å². The maximum atomic E-state index is 9.45. The summed E-state index contributed by atoms with van der Waals surface area (Å²) in [6, 6.07) is 46.7. The Morgan fingerprint density at radius 3 is 1.90 bits per heavy atom. The van der Waals surface area contributed by atoms with Gasteiger partial charge in [-0.25, -0.2) is 0 Å². The lowest BCUT2D eigenvalue weighted by molar-refractivity contribution is 0.669. The molecule has 1 aromatic heterocycles. The zero-order valence-corrected chi connectivity index (χ0v) is 26.7. The third-order valence-electron chi connectivity index (χ3n) is 9.46. The predicted molar refractivity (Wildman–Crippen MR) is 212 cm³/mol. The van der Waals surface area contributed by atoms with Gasteiger partial charge in [-0.2, -0.15) is 0 Å². The minimum absolute atomic E-state index is 0.0370. The van der Waals surface area contributed by atoms with Gasteiger partial charge < -0.3 is 9.32 Å². The van der Waals surface area contributed by atoms with Crippen LogP contribution >= 0.6 is 0 Å². The number of furan rings is 1. The molecule has 2 heteroatoms. The second-order valence-electron chi connectivity index (χ2n) is 12.3. The van der Waals surface area contributed by atoms with Crippen molar-refractivity contribution in [2.24, 2.45) is 0 Å². The second-order valence-corrected chi connectivity index (χ2v) is 12.3. The van der Waals surface area contributed by atoms with Crippen molar-refractivity contribution < 1.29 is 14.0 Å². The molecule has 0 saturated heterocycles. The number of fused-ring (bicyclic) bond motifs is 8. The van der Waals surface area contributed by atoms with Gasteiger partial charge in [-0.05, 0) is 115 Å². The van der Waals surface area contributed by atoms with E-state index in [0.29, 0.717) is 44.1 Å². The van der Waals surface area contributed by atoms with Crippen LogP contribution in [-0.2, 0) is 0 Å². The van der Waals surface area contributed by atoms with E-state index in [1.165, 1.54) is 22.9 Å². The van der Waals surface area contributed by atoms with Crippen molar-refractivity contribution in [2.45, 2.75) is 0 Å². The number of rotatable bonds is 5. The maximum absolute atomic E-state index is 9.45. The molecular formula is C48H31NO. The molecule has 9 aromatic carbocycles. The molecule has 234 valence electrons. The van der Waals surface area contributed by atoms with E-state index in [9.17, 15) is 1.37 Å². The molecular weight excluding hydrogens is 607 g/mol. The summed E-state index contributed by atoms with van der Waals surface area (Å²) in [4.78, 5) is 1.86. The Balaban J connectivity index is 1.10. The van der Waals surface area contributed by atoms with E-state index in [4.69, 9.17) is 12.6 Å². The zero-order valence-electron chi connectivity index (χ0n) is 33.7. The largest absolute Gasteiger partial charge is 0.456 e. The van der Waals surface area contributed by atoms with E-state index in [-0.39, 0.29) is 47.9 Å². The summed E-state index contributed by atoms with van der Waals surface area (Å²) in [5.74, 6) is 0. The Morgan fingerprint density at radius 1 is 0.420 bits per heavy atom. The third kappa shape index (κ3) is 4.65. The fraction of sp³-hybridized carbons (Fsp3) is 0. The molecule has 10 rings (SSSR count). The number of hydrogen-bond acceptors (Lipinski definition) is 2. The minimum Gasteiger partial charge on any atom is -0.456 e. The number of anilines is 3. The molecule has 0 bridgehead atoms. The highest BCUT2D eigenvalue weighted by Crippen LogP contribution is 2.40. The third-order valence-corrected chi connectivity index (χ3v) is 9.46. The van der Waals surface area contributed by atoms with E-state index in [2.05, 4.69) is 60.7 Å². The van der Waals surface area contributed by atoms with Crippen LogP contribution in [-0.4, -0.2) is 0 Å². The molecule has 0 N–H and O–H groups in total. The molecule has 10 aromatic rings. The summed E-state index contributed by atoms with van der Waals surface area (Å²) >= 11 is 0. The Labute approximate surface area is 299 Å². The van der Waals surface area contributed by atoms with Gasteiger partial charge in [0.05, 0.1) is 9.60 Å². The van der Waals surface area contributed by atoms with E-state index in [0.717, 1.165) is 33.2 Å². The van der Waals surface area contributed by atoms with Crippen LogP contribution in [0.4, 0.5) is 17.1 Å². The van der Waals surface area contributed by atoms with Crippen molar-refractivity contribution in [3.05, 3.63) is 188 Å². The van der Waals surface area contributed by atoms with Gasteiger partial charge in [0.2, 0.25) is 0 Å². The number of benzene rings is 9. The monoisotopic (exact) mass is 644 g/mol. The van der Waals surface area contributed by atoms with Crippen molar-refractivity contribution >= 4 is 71.3 Å². The van der Waals surface area contributed by atoms with Crippen molar-refractivity contribution in [1.29, 1.82) is 0 Å². The topological polar surface area (TPSA) is 16.4 Å². The van der Waals surface area contributed by atoms with Gasteiger partial charge in [0.1, 0.15) is 11.2 Å². The first-order valence-electron chi connectivity index (χ1n) is 20.0. The minimum atomic E-state index is -0.0793. The standard InChI is InChI=1S/C48H31NO/c1-2-11-37(12-3-1)49(39-27-22-33(23-28-39)44-31-36-10-4-5-13-40(36)41-14-6-7-15-42(41)44)38-25-20-32(21-26-38)35-19-18-34-24-29-47-48(45(34)30-35)43-16-8-9-17-46(43)50-47/h1-31H/i1D,11D,12D,16D,24D,29D,30D. The quantitative estimate of drug-likeness (QED) is 0.173. The van der Waals surface area contributed by atoms with Gasteiger partial charge >= 0.3 is 0 Å². The average molecular weight is 645 g/mol. The predicted octanol–water partition coefficient (Wildman–Crippen LogP) is 13.8. The van der Waals surface area contributed by atoms with Crippen LogP contribution in [0.15, 0.2) is 192 Å². The molecule has 0 unspecified atom stereocenters. The fourth-order valence-corrected chi connectivity index (χ4v) is 7.10. The molecule has 2 nitrogen and oxygen atoms in total. The number of para-hydroxylation sites is 2. The Kier molecular flexibility index (Phi) is 5.08. The molecule has 0 radical (unpaired) electrons. The van der Waals surface area contributed by atoms with Gasteiger partial charge in [0, 0.05) is 27.8 Å². The highest BCUT2D eigenvalue weighted by molar-refractivity contribution is 6.19. The Hall–Kier alpha value is -6.64. The van der Waals surface area contributed by atoms with Crippen molar-refractivity contribution in [1.82, 2.24) is 0 Å². The number of hydrogen-bond donors (Lipinski definition) is 0. The van der Waals surface area contributed by atoms with E-state index >= 15 is 0 Å². The zero-order chi connectivity index (χ0) is 39.1.